The van der Waals surface area contributed by atoms with Crippen molar-refractivity contribution in [3.05, 3.63) is 22.4 Å². The first-order chi connectivity index (χ1) is 13.8. The van der Waals surface area contributed by atoms with Crippen LogP contribution in [0, 0.1) is 0 Å². The van der Waals surface area contributed by atoms with Gasteiger partial charge in [0.05, 0.1) is 6.04 Å². The van der Waals surface area contributed by atoms with E-state index in [9.17, 15) is 4.79 Å². The number of carbonyl (C=O) groups excluding carboxylic acids is 1. The summed E-state index contributed by atoms with van der Waals surface area (Å²) in [5.74, 6) is 0.750. The van der Waals surface area contributed by atoms with Gasteiger partial charge in [-0.2, -0.15) is 0 Å². The molecule has 1 saturated heterocycles. The van der Waals surface area contributed by atoms with E-state index in [2.05, 4.69) is 50.3 Å². The van der Waals surface area contributed by atoms with Gasteiger partial charge in [-0.05, 0) is 57.1 Å². The Kier molecular flexibility index (Phi) is 11.3. The molecule has 1 aromatic rings. The summed E-state index contributed by atoms with van der Waals surface area (Å²) < 4.78 is 0. The molecular weight excluding hydrogens is 497 g/mol. The predicted molar refractivity (Wildman–Crippen MR) is 132 cm³/mol. The summed E-state index contributed by atoms with van der Waals surface area (Å²) in [6, 6.07) is 5.04. The number of hydrogen-bond acceptors (Lipinski definition) is 4. The minimum atomic E-state index is 0. The Bertz CT molecular complexity index is 613. The van der Waals surface area contributed by atoms with Crippen LogP contribution in [-0.4, -0.2) is 55.5 Å². The molecule has 164 valence electrons. The molecule has 1 unspecified atom stereocenters. The molecule has 1 aliphatic carbocycles. The Balaban J connectivity index is 0.00000300. The van der Waals surface area contributed by atoms with E-state index in [1.165, 1.54) is 37.0 Å². The van der Waals surface area contributed by atoms with Gasteiger partial charge in [0.2, 0.25) is 5.91 Å². The summed E-state index contributed by atoms with van der Waals surface area (Å²) >= 11 is 1.81. The van der Waals surface area contributed by atoms with Crippen LogP contribution in [0.4, 0.5) is 0 Å². The molecule has 1 atom stereocenters. The molecule has 1 amide bonds. The predicted octanol–water partition coefficient (Wildman–Crippen LogP) is 3.51. The first-order valence-electron chi connectivity index (χ1n) is 10.8. The van der Waals surface area contributed by atoms with Crippen LogP contribution in [0.1, 0.15) is 62.8 Å². The number of carbonyl (C=O) groups is 1. The molecule has 29 heavy (non-hydrogen) atoms. The second kappa shape index (κ2) is 13.4. The largest absolute Gasteiger partial charge is 0.357 e. The Hall–Kier alpha value is -0.870. The Morgan fingerprint density at radius 1 is 1.21 bits per heavy atom. The molecule has 2 aliphatic rings. The van der Waals surface area contributed by atoms with E-state index in [0.29, 0.717) is 12.1 Å². The number of aliphatic imine (C=N–C) groups is 1. The molecular formula is C21H36IN5OS. The van der Waals surface area contributed by atoms with Crippen LogP contribution in [0.3, 0.4) is 0 Å². The van der Waals surface area contributed by atoms with Gasteiger partial charge in [-0.25, -0.2) is 4.99 Å². The standard InChI is InChI=1S/C21H35N5OS.HI/c1-2-22-21(24-16-20(27)25-17-9-4-3-5-10-17)23-15-18(19-11-8-14-28-19)26-12-6-7-13-26;/h8,11,14,17-18H,2-7,9-10,12-13,15-16H2,1H3,(H,25,27)(H2,22,23,24);1H. The van der Waals surface area contributed by atoms with E-state index in [-0.39, 0.29) is 36.4 Å². The molecule has 1 aliphatic heterocycles. The first-order valence-corrected chi connectivity index (χ1v) is 11.7. The topological polar surface area (TPSA) is 68.8 Å². The van der Waals surface area contributed by atoms with E-state index >= 15 is 0 Å². The average Bonchev–Trinajstić information content (AvgIpc) is 3.42. The molecule has 8 heteroatoms. The van der Waals surface area contributed by atoms with Gasteiger partial charge in [0.25, 0.3) is 0 Å². The minimum absolute atomic E-state index is 0. The molecule has 1 saturated carbocycles. The lowest BCUT2D eigenvalue weighted by Crippen LogP contribution is -2.43. The summed E-state index contributed by atoms with van der Waals surface area (Å²) in [5.41, 5.74) is 0. The maximum atomic E-state index is 12.3. The van der Waals surface area contributed by atoms with Gasteiger partial charge in [-0.3, -0.25) is 9.69 Å². The molecule has 2 heterocycles. The maximum absolute atomic E-state index is 12.3. The van der Waals surface area contributed by atoms with E-state index in [0.717, 1.165) is 45.0 Å². The molecule has 0 bridgehead atoms. The van der Waals surface area contributed by atoms with Crippen LogP contribution < -0.4 is 16.0 Å². The molecule has 0 radical (unpaired) electrons. The van der Waals surface area contributed by atoms with Gasteiger partial charge in [0, 0.05) is 24.0 Å². The van der Waals surface area contributed by atoms with E-state index < -0.39 is 0 Å². The van der Waals surface area contributed by atoms with Crippen LogP contribution in [0.2, 0.25) is 0 Å². The van der Waals surface area contributed by atoms with Gasteiger partial charge >= 0.3 is 0 Å². The normalized spacial score (nSPS) is 19.4. The van der Waals surface area contributed by atoms with Gasteiger partial charge < -0.3 is 16.0 Å². The minimum Gasteiger partial charge on any atom is -0.357 e. The molecule has 0 aromatic carbocycles. The SMILES string of the molecule is CCNC(=NCC(=O)NC1CCCCC1)NCC(c1cccs1)N1CCCC1.I. The van der Waals surface area contributed by atoms with Crippen molar-refractivity contribution in [1.29, 1.82) is 0 Å². The summed E-state index contributed by atoms with van der Waals surface area (Å²) in [5, 5.41) is 12.0. The highest BCUT2D eigenvalue weighted by molar-refractivity contribution is 14.0. The van der Waals surface area contributed by atoms with Crippen molar-refractivity contribution in [3.63, 3.8) is 0 Å². The van der Waals surface area contributed by atoms with Crippen molar-refractivity contribution in [1.82, 2.24) is 20.9 Å². The van der Waals surface area contributed by atoms with E-state index in [1.54, 1.807) is 0 Å². The number of hydrogen-bond donors (Lipinski definition) is 3. The zero-order chi connectivity index (χ0) is 19.6. The lowest BCUT2D eigenvalue weighted by atomic mass is 9.95. The molecule has 3 N–H and O–H groups in total. The van der Waals surface area contributed by atoms with Crippen molar-refractivity contribution >= 4 is 47.2 Å². The highest BCUT2D eigenvalue weighted by Gasteiger charge is 2.24. The number of thiophene rings is 1. The number of amides is 1. The van der Waals surface area contributed by atoms with Gasteiger partial charge in [-0.15, -0.1) is 35.3 Å². The summed E-state index contributed by atoms with van der Waals surface area (Å²) in [7, 11) is 0. The van der Waals surface area contributed by atoms with Gasteiger partial charge in [0.1, 0.15) is 6.54 Å². The molecule has 2 fully saturated rings. The Labute approximate surface area is 196 Å². The van der Waals surface area contributed by atoms with Crippen molar-refractivity contribution < 1.29 is 4.79 Å². The number of halogens is 1. The van der Waals surface area contributed by atoms with Gasteiger partial charge in [0.15, 0.2) is 5.96 Å². The third kappa shape index (κ3) is 8.05. The number of nitrogens with one attached hydrogen (secondary N) is 3. The number of nitrogens with zero attached hydrogens (tertiary/aromatic N) is 2. The summed E-state index contributed by atoms with van der Waals surface area (Å²) in [4.78, 5) is 20.7. The molecule has 3 rings (SSSR count). The molecule has 1 aromatic heterocycles. The highest BCUT2D eigenvalue weighted by Crippen LogP contribution is 2.27. The quantitative estimate of drug-likeness (QED) is 0.272. The number of rotatable bonds is 8. The molecule has 0 spiro atoms. The van der Waals surface area contributed by atoms with Crippen LogP contribution >= 0.6 is 35.3 Å². The van der Waals surface area contributed by atoms with Crippen molar-refractivity contribution in [3.8, 4) is 0 Å². The lowest BCUT2D eigenvalue weighted by Gasteiger charge is -2.27. The zero-order valence-corrected chi connectivity index (χ0v) is 20.6. The van der Waals surface area contributed by atoms with Crippen molar-refractivity contribution in [2.45, 2.75) is 64.0 Å². The van der Waals surface area contributed by atoms with Crippen LogP contribution in [0.15, 0.2) is 22.5 Å². The Morgan fingerprint density at radius 3 is 2.62 bits per heavy atom. The fraction of sp³-hybridized carbons (Fsp3) is 0.714. The third-order valence-electron chi connectivity index (χ3n) is 5.61. The maximum Gasteiger partial charge on any atom is 0.242 e. The zero-order valence-electron chi connectivity index (χ0n) is 17.5. The monoisotopic (exact) mass is 533 g/mol. The van der Waals surface area contributed by atoms with Crippen molar-refractivity contribution in [2.75, 3.05) is 32.7 Å². The summed E-state index contributed by atoms with van der Waals surface area (Å²) in [6.07, 6.45) is 8.49. The van der Waals surface area contributed by atoms with Crippen LogP contribution in [-0.2, 0) is 4.79 Å². The fourth-order valence-corrected chi connectivity index (χ4v) is 5.01. The second-order valence-electron chi connectivity index (χ2n) is 7.75. The van der Waals surface area contributed by atoms with Gasteiger partial charge in [-0.1, -0.05) is 25.3 Å². The first kappa shape index (κ1) is 24.4. The van der Waals surface area contributed by atoms with Crippen LogP contribution in [0.25, 0.3) is 0 Å². The Morgan fingerprint density at radius 2 is 1.97 bits per heavy atom. The van der Waals surface area contributed by atoms with E-state index in [4.69, 9.17) is 0 Å². The number of guanidine groups is 1. The fourth-order valence-electron chi connectivity index (χ4n) is 4.15. The third-order valence-corrected chi connectivity index (χ3v) is 6.58. The highest BCUT2D eigenvalue weighted by atomic mass is 127. The second-order valence-corrected chi connectivity index (χ2v) is 8.73. The van der Waals surface area contributed by atoms with E-state index in [1.807, 2.05) is 11.3 Å². The average molecular weight is 534 g/mol. The number of likely N-dealkylation sites (tertiary alicyclic amines) is 1. The smallest absolute Gasteiger partial charge is 0.242 e. The summed E-state index contributed by atoms with van der Waals surface area (Å²) in [6.45, 7) is 6.12. The lowest BCUT2D eigenvalue weighted by molar-refractivity contribution is -0.120. The van der Waals surface area contributed by atoms with Crippen LogP contribution in [0.5, 0.6) is 0 Å². The van der Waals surface area contributed by atoms with Crippen molar-refractivity contribution in [2.24, 2.45) is 4.99 Å². The molecule has 6 nitrogen and oxygen atoms in total.